The maximum Gasteiger partial charge on any atom is 0.260 e. The maximum absolute atomic E-state index is 14.6. The molecule has 0 saturated heterocycles. The second-order valence-corrected chi connectivity index (χ2v) is 7.85. The van der Waals surface area contributed by atoms with Crippen LogP contribution in [0.25, 0.3) is 0 Å². The summed E-state index contributed by atoms with van der Waals surface area (Å²) >= 11 is 0. The van der Waals surface area contributed by atoms with Gasteiger partial charge in [0.15, 0.2) is 0 Å². The number of hydrogen-bond donors (Lipinski definition) is 0. The van der Waals surface area contributed by atoms with Crippen molar-refractivity contribution in [2.45, 2.75) is 65.0 Å². The Morgan fingerprint density at radius 1 is 1.32 bits per heavy atom. The summed E-state index contributed by atoms with van der Waals surface area (Å²) < 4.78 is 41.3. The molecule has 1 fully saturated rings. The van der Waals surface area contributed by atoms with Crippen LogP contribution in [-0.4, -0.2) is 33.1 Å². The van der Waals surface area contributed by atoms with Crippen LogP contribution in [0.2, 0.25) is 0 Å². The average Bonchev–Trinajstić information content (AvgIpc) is 3.39. The lowest BCUT2D eigenvalue weighted by Crippen LogP contribution is -2.34. The van der Waals surface area contributed by atoms with E-state index < -0.39 is 24.7 Å². The van der Waals surface area contributed by atoms with Gasteiger partial charge in [-0.2, -0.15) is 9.49 Å². The van der Waals surface area contributed by atoms with Gasteiger partial charge in [-0.25, -0.2) is 13.5 Å². The summed E-state index contributed by atoms with van der Waals surface area (Å²) in [6, 6.07) is 6.13. The van der Waals surface area contributed by atoms with Gasteiger partial charge in [0, 0.05) is 19.6 Å². The van der Waals surface area contributed by atoms with Gasteiger partial charge in [-0.15, -0.1) is 0 Å². The van der Waals surface area contributed by atoms with Gasteiger partial charge in [0.1, 0.15) is 5.56 Å². The molecular formula is C21H26F3N3O. The molecule has 4 nitrogen and oxygen atoms in total. The molecule has 1 aromatic heterocycles. The Morgan fingerprint density at radius 3 is 2.57 bits per heavy atom. The number of halogens is 3. The lowest BCUT2D eigenvalue weighted by atomic mass is 9.95. The van der Waals surface area contributed by atoms with Crippen molar-refractivity contribution in [3.8, 4) is 0 Å². The van der Waals surface area contributed by atoms with E-state index in [-0.39, 0.29) is 23.2 Å². The van der Waals surface area contributed by atoms with Crippen LogP contribution in [0.3, 0.4) is 0 Å². The molecule has 28 heavy (non-hydrogen) atoms. The summed E-state index contributed by atoms with van der Waals surface area (Å²) in [7, 11) is 1.32. The highest BCUT2D eigenvalue weighted by atomic mass is 19.3. The standard InChI is InChI=1S/C21H26F3N3O/c1-12(2)16-8-5-13(3)9-14(16)11-27(15-6-7-15)21(28)19-17(10-18(22)23)25-26(4)20(19)24/h5,8-9,12,15,18H,6-7,10-11H2,1-4H3. The molecule has 0 N–H and O–H groups in total. The van der Waals surface area contributed by atoms with E-state index in [1.807, 2.05) is 19.1 Å². The Morgan fingerprint density at radius 2 is 2.00 bits per heavy atom. The molecule has 1 aromatic carbocycles. The minimum atomic E-state index is -2.69. The normalized spacial score (nSPS) is 14.2. The molecule has 7 heteroatoms. The van der Waals surface area contributed by atoms with Gasteiger partial charge in [0.2, 0.25) is 12.4 Å². The van der Waals surface area contributed by atoms with Crippen molar-refractivity contribution in [1.82, 2.24) is 14.7 Å². The fourth-order valence-electron chi connectivity index (χ4n) is 3.57. The highest BCUT2D eigenvalue weighted by Crippen LogP contribution is 2.33. The van der Waals surface area contributed by atoms with Gasteiger partial charge in [-0.1, -0.05) is 37.6 Å². The van der Waals surface area contributed by atoms with E-state index in [9.17, 15) is 18.0 Å². The summed E-state index contributed by atoms with van der Waals surface area (Å²) in [6.45, 7) is 6.48. The van der Waals surface area contributed by atoms with Crippen molar-refractivity contribution in [3.63, 3.8) is 0 Å². The Balaban J connectivity index is 1.97. The molecule has 1 aliphatic carbocycles. The van der Waals surface area contributed by atoms with Crippen molar-refractivity contribution in [2.75, 3.05) is 0 Å². The molecule has 1 saturated carbocycles. The quantitative estimate of drug-likeness (QED) is 0.689. The van der Waals surface area contributed by atoms with Crippen molar-refractivity contribution in [3.05, 3.63) is 52.1 Å². The van der Waals surface area contributed by atoms with Crippen LogP contribution in [0.15, 0.2) is 18.2 Å². The molecule has 1 amide bonds. The van der Waals surface area contributed by atoms with Gasteiger partial charge in [-0.3, -0.25) is 4.79 Å². The lowest BCUT2D eigenvalue weighted by Gasteiger charge is -2.25. The first kappa shape index (κ1) is 20.4. The predicted molar refractivity (Wildman–Crippen MR) is 101 cm³/mol. The van der Waals surface area contributed by atoms with Gasteiger partial charge in [-0.05, 0) is 36.8 Å². The molecule has 3 rings (SSSR count). The molecule has 1 heterocycles. The minimum absolute atomic E-state index is 0.00651. The number of benzene rings is 1. The third-order valence-electron chi connectivity index (χ3n) is 5.12. The average molecular weight is 393 g/mol. The highest BCUT2D eigenvalue weighted by Gasteiger charge is 2.37. The zero-order valence-electron chi connectivity index (χ0n) is 16.7. The molecule has 0 atom stereocenters. The molecule has 0 unspecified atom stereocenters. The minimum Gasteiger partial charge on any atom is -0.331 e. The SMILES string of the molecule is Cc1ccc(C(C)C)c(CN(C(=O)c2c(CC(F)F)nn(C)c2F)C2CC2)c1. The molecule has 0 spiro atoms. The first-order valence-electron chi connectivity index (χ1n) is 9.59. The second-order valence-electron chi connectivity index (χ2n) is 7.85. The molecule has 2 aromatic rings. The number of rotatable bonds is 7. The number of aromatic nitrogens is 2. The summed E-state index contributed by atoms with van der Waals surface area (Å²) in [4.78, 5) is 14.8. The largest absolute Gasteiger partial charge is 0.331 e. The van der Waals surface area contributed by atoms with Gasteiger partial charge >= 0.3 is 0 Å². The van der Waals surface area contributed by atoms with Crippen molar-refractivity contribution in [1.29, 1.82) is 0 Å². The zero-order chi connectivity index (χ0) is 20.6. The number of carbonyl (C=O) groups excluding carboxylic acids is 1. The topological polar surface area (TPSA) is 38.1 Å². The predicted octanol–water partition coefficient (Wildman–Crippen LogP) is 4.60. The van der Waals surface area contributed by atoms with E-state index in [4.69, 9.17) is 0 Å². The first-order valence-corrected chi connectivity index (χ1v) is 9.59. The lowest BCUT2D eigenvalue weighted by molar-refractivity contribution is 0.0721. The van der Waals surface area contributed by atoms with Crippen molar-refractivity contribution in [2.24, 2.45) is 7.05 Å². The van der Waals surface area contributed by atoms with Crippen LogP contribution >= 0.6 is 0 Å². The van der Waals surface area contributed by atoms with E-state index in [1.54, 1.807) is 4.90 Å². The van der Waals surface area contributed by atoms with Crippen molar-refractivity contribution < 1.29 is 18.0 Å². The monoisotopic (exact) mass is 393 g/mol. The first-order chi connectivity index (χ1) is 13.2. The van der Waals surface area contributed by atoms with Gasteiger partial charge < -0.3 is 4.90 Å². The fraction of sp³-hybridized carbons (Fsp3) is 0.524. The molecule has 0 radical (unpaired) electrons. The molecule has 1 aliphatic rings. The van der Waals surface area contributed by atoms with E-state index in [1.165, 1.54) is 7.05 Å². The van der Waals surface area contributed by atoms with Crippen LogP contribution in [0.5, 0.6) is 0 Å². The Kier molecular flexibility index (Phi) is 5.82. The zero-order valence-corrected chi connectivity index (χ0v) is 16.7. The fourth-order valence-corrected chi connectivity index (χ4v) is 3.57. The summed E-state index contributed by atoms with van der Waals surface area (Å²) in [5.41, 5.74) is 2.71. The smallest absolute Gasteiger partial charge is 0.260 e. The van der Waals surface area contributed by atoms with Crippen LogP contribution in [0, 0.1) is 12.9 Å². The molecule has 0 bridgehead atoms. The number of alkyl halides is 2. The number of carbonyl (C=O) groups is 1. The van der Waals surface area contributed by atoms with E-state index in [2.05, 4.69) is 25.0 Å². The Labute approximate surface area is 163 Å². The molecule has 152 valence electrons. The Bertz CT molecular complexity index is 872. The maximum atomic E-state index is 14.6. The van der Waals surface area contributed by atoms with Crippen molar-refractivity contribution >= 4 is 5.91 Å². The molecule has 0 aliphatic heterocycles. The number of nitrogens with zero attached hydrogens (tertiary/aromatic N) is 3. The van der Waals surface area contributed by atoms with Gasteiger partial charge in [0.05, 0.1) is 12.1 Å². The van der Waals surface area contributed by atoms with Crippen LogP contribution in [-0.2, 0) is 20.0 Å². The second kappa shape index (κ2) is 7.97. The third kappa shape index (κ3) is 4.23. The van der Waals surface area contributed by atoms with Gasteiger partial charge in [0.25, 0.3) is 5.91 Å². The Hall–Kier alpha value is -2.31. The molecular weight excluding hydrogens is 367 g/mol. The number of amides is 1. The van der Waals surface area contributed by atoms with E-state index in [0.29, 0.717) is 6.54 Å². The third-order valence-corrected chi connectivity index (χ3v) is 5.12. The summed E-state index contributed by atoms with van der Waals surface area (Å²) in [5, 5.41) is 3.81. The highest BCUT2D eigenvalue weighted by molar-refractivity contribution is 5.95. The summed E-state index contributed by atoms with van der Waals surface area (Å²) in [5.74, 6) is -1.14. The van der Waals surface area contributed by atoms with Crippen LogP contribution < -0.4 is 0 Å². The summed E-state index contributed by atoms with van der Waals surface area (Å²) in [6.07, 6.45) is -1.76. The van der Waals surface area contributed by atoms with E-state index >= 15 is 0 Å². The van der Waals surface area contributed by atoms with Crippen LogP contribution in [0.1, 0.15) is 65.3 Å². The van der Waals surface area contributed by atoms with E-state index in [0.717, 1.165) is 34.2 Å². The number of aryl methyl sites for hydroxylation is 2. The number of hydrogen-bond acceptors (Lipinski definition) is 2. The van der Waals surface area contributed by atoms with Crippen LogP contribution in [0.4, 0.5) is 13.2 Å².